The first kappa shape index (κ1) is 17.2. The fourth-order valence-electron chi connectivity index (χ4n) is 2.53. The normalized spacial score (nSPS) is 10.5. The Labute approximate surface area is 152 Å². The molecule has 0 heterocycles. The summed E-state index contributed by atoms with van der Waals surface area (Å²) in [5, 5.41) is 18.3. The molecule has 0 saturated carbocycles. The molecule has 0 aliphatic heterocycles. The van der Waals surface area contributed by atoms with E-state index in [9.17, 15) is 13.7 Å². The van der Waals surface area contributed by atoms with Gasteiger partial charge in [0.25, 0.3) is 10.0 Å². The number of nitriles is 2. The largest absolute Gasteiger partial charge is 0.268 e. The predicted molar refractivity (Wildman–Crippen MR) is 98.1 cm³/mol. The van der Waals surface area contributed by atoms with E-state index in [1.807, 2.05) is 12.1 Å². The van der Waals surface area contributed by atoms with Crippen LogP contribution in [-0.4, -0.2) is 8.42 Å². The standard InChI is InChI=1S/C20H13N3O2S/c21-14-16-11-12-20(13-17(16)15-22)26(24,25)23(18-7-3-1-4-8-18)19-9-5-2-6-10-19/h1-13H. The summed E-state index contributed by atoms with van der Waals surface area (Å²) in [7, 11) is -3.99. The third-order valence-electron chi connectivity index (χ3n) is 3.75. The molecule has 6 heteroatoms. The number of nitrogens with zero attached hydrogens (tertiary/aromatic N) is 3. The molecule has 0 bridgehead atoms. The Morgan fingerprint density at radius 2 is 1.19 bits per heavy atom. The highest BCUT2D eigenvalue weighted by molar-refractivity contribution is 7.93. The summed E-state index contributed by atoms with van der Waals surface area (Å²) in [6.07, 6.45) is 0. The average Bonchev–Trinajstić information content (AvgIpc) is 2.69. The summed E-state index contributed by atoms with van der Waals surface area (Å²) < 4.78 is 27.9. The Balaban J connectivity index is 2.21. The van der Waals surface area contributed by atoms with E-state index in [0.717, 1.165) is 0 Å². The van der Waals surface area contributed by atoms with Crippen LogP contribution in [0.2, 0.25) is 0 Å². The second-order valence-corrected chi connectivity index (χ2v) is 7.16. The van der Waals surface area contributed by atoms with Crippen molar-refractivity contribution in [3.8, 4) is 12.1 Å². The molecule has 0 atom stereocenters. The lowest BCUT2D eigenvalue weighted by Gasteiger charge is -2.24. The van der Waals surface area contributed by atoms with E-state index < -0.39 is 10.0 Å². The summed E-state index contributed by atoms with van der Waals surface area (Å²) in [6, 6.07) is 25.1. The smallest absolute Gasteiger partial charge is 0.235 e. The number of para-hydroxylation sites is 2. The van der Waals surface area contributed by atoms with Gasteiger partial charge >= 0.3 is 0 Å². The van der Waals surface area contributed by atoms with Crippen molar-refractivity contribution >= 4 is 21.4 Å². The van der Waals surface area contributed by atoms with Gasteiger partial charge in [-0.1, -0.05) is 36.4 Å². The molecule has 0 saturated heterocycles. The highest BCUT2D eigenvalue weighted by Crippen LogP contribution is 2.32. The first-order valence-corrected chi connectivity index (χ1v) is 9.11. The zero-order valence-corrected chi connectivity index (χ0v) is 14.4. The van der Waals surface area contributed by atoms with Gasteiger partial charge in [-0.3, -0.25) is 0 Å². The predicted octanol–water partition coefficient (Wildman–Crippen LogP) is 3.96. The molecule has 0 aliphatic rings. The summed E-state index contributed by atoms with van der Waals surface area (Å²) in [4.78, 5) is -0.0549. The van der Waals surface area contributed by atoms with Crippen molar-refractivity contribution in [3.63, 3.8) is 0 Å². The van der Waals surface area contributed by atoms with Gasteiger partial charge in [0.1, 0.15) is 12.1 Å². The first-order chi connectivity index (χ1) is 12.6. The second-order valence-electron chi connectivity index (χ2n) is 5.37. The highest BCUT2D eigenvalue weighted by Gasteiger charge is 2.27. The van der Waals surface area contributed by atoms with E-state index >= 15 is 0 Å². The van der Waals surface area contributed by atoms with Gasteiger partial charge in [-0.05, 0) is 42.5 Å². The van der Waals surface area contributed by atoms with Crippen LogP contribution in [0.25, 0.3) is 0 Å². The summed E-state index contributed by atoms with van der Waals surface area (Å²) >= 11 is 0. The lowest BCUT2D eigenvalue weighted by molar-refractivity contribution is 0.596. The maximum Gasteiger partial charge on any atom is 0.268 e. The second kappa shape index (κ2) is 7.10. The van der Waals surface area contributed by atoms with Crippen molar-refractivity contribution in [2.75, 3.05) is 4.31 Å². The summed E-state index contributed by atoms with van der Waals surface area (Å²) in [5.41, 5.74) is 1.11. The van der Waals surface area contributed by atoms with Gasteiger partial charge in [-0.2, -0.15) is 10.5 Å². The third kappa shape index (κ3) is 3.14. The SMILES string of the molecule is N#Cc1ccc(S(=O)(=O)N(c2ccccc2)c2ccccc2)cc1C#N. The molecule has 0 N–H and O–H groups in total. The summed E-state index contributed by atoms with van der Waals surface area (Å²) in [6.45, 7) is 0. The Morgan fingerprint density at radius 3 is 1.65 bits per heavy atom. The number of anilines is 2. The maximum atomic E-state index is 13.3. The van der Waals surface area contributed by atoms with Gasteiger partial charge in [0.2, 0.25) is 0 Å². The van der Waals surface area contributed by atoms with E-state index in [0.29, 0.717) is 11.4 Å². The molecular weight excluding hydrogens is 346 g/mol. The van der Waals surface area contributed by atoms with Crippen molar-refractivity contribution in [2.45, 2.75) is 4.90 Å². The first-order valence-electron chi connectivity index (χ1n) is 7.67. The Morgan fingerprint density at radius 1 is 0.692 bits per heavy atom. The third-order valence-corrected chi connectivity index (χ3v) is 5.50. The zero-order valence-electron chi connectivity index (χ0n) is 13.6. The molecule has 0 amide bonds. The van der Waals surface area contributed by atoms with Crippen LogP contribution in [0.15, 0.2) is 83.8 Å². The number of benzene rings is 3. The topological polar surface area (TPSA) is 85.0 Å². The van der Waals surface area contributed by atoms with Gasteiger partial charge in [-0.15, -0.1) is 0 Å². The van der Waals surface area contributed by atoms with Crippen molar-refractivity contribution < 1.29 is 8.42 Å². The number of sulfonamides is 1. The van der Waals surface area contributed by atoms with Crippen molar-refractivity contribution in [1.82, 2.24) is 0 Å². The van der Waals surface area contributed by atoms with Crippen LogP contribution < -0.4 is 4.31 Å². The van der Waals surface area contributed by atoms with E-state index in [1.54, 1.807) is 60.7 Å². The molecule has 0 fully saturated rings. The van der Waals surface area contributed by atoms with Crippen molar-refractivity contribution in [1.29, 1.82) is 10.5 Å². The Bertz CT molecular complexity index is 1070. The summed E-state index contributed by atoms with van der Waals surface area (Å²) in [5.74, 6) is 0. The van der Waals surface area contributed by atoms with Crippen LogP contribution in [-0.2, 0) is 10.0 Å². The van der Waals surface area contributed by atoms with E-state index in [4.69, 9.17) is 5.26 Å². The molecule has 0 unspecified atom stereocenters. The van der Waals surface area contributed by atoms with Crippen molar-refractivity contribution in [2.24, 2.45) is 0 Å². The van der Waals surface area contributed by atoms with Gasteiger partial charge in [0.15, 0.2) is 0 Å². The number of hydrogen-bond acceptors (Lipinski definition) is 4. The van der Waals surface area contributed by atoms with Gasteiger partial charge in [0.05, 0.1) is 27.4 Å². The monoisotopic (exact) mass is 359 g/mol. The molecule has 26 heavy (non-hydrogen) atoms. The van der Waals surface area contributed by atoms with Gasteiger partial charge < -0.3 is 0 Å². The lowest BCUT2D eigenvalue weighted by Crippen LogP contribution is -2.26. The van der Waals surface area contributed by atoms with Crippen LogP contribution in [0.3, 0.4) is 0 Å². The molecule has 0 aliphatic carbocycles. The molecule has 5 nitrogen and oxygen atoms in total. The minimum absolute atomic E-state index is 0.0228. The quantitative estimate of drug-likeness (QED) is 0.706. The lowest BCUT2D eigenvalue weighted by atomic mass is 10.1. The van der Waals surface area contributed by atoms with Crippen LogP contribution in [0, 0.1) is 22.7 Å². The van der Waals surface area contributed by atoms with E-state index in [-0.39, 0.29) is 16.0 Å². The molecule has 0 spiro atoms. The molecule has 0 radical (unpaired) electrons. The van der Waals surface area contributed by atoms with Crippen LogP contribution in [0.5, 0.6) is 0 Å². The highest BCUT2D eigenvalue weighted by atomic mass is 32.2. The molecule has 0 aromatic heterocycles. The Kier molecular flexibility index (Phi) is 4.70. The van der Waals surface area contributed by atoms with Gasteiger partial charge in [0, 0.05) is 0 Å². The maximum absolute atomic E-state index is 13.3. The minimum Gasteiger partial charge on any atom is -0.235 e. The minimum atomic E-state index is -3.99. The molecular formula is C20H13N3O2S. The van der Waals surface area contributed by atoms with Crippen LogP contribution in [0.1, 0.15) is 11.1 Å². The van der Waals surface area contributed by atoms with Crippen molar-refractivity contribution in [3.05, 3.63) is 90.0 Å². The molecule has 126 valence electrons. The van der Waals surface area contributed by atoms with Crippen LogP contribution in [0.4, 0.5) is 11.4 Å². The number of hydrogen-bond donors (Lipinski definition) is 0. The van der Waals surface area contributed by atoms with Gasteiger partial charge in [-0.25, -0.2) is 12.7 Å². The molecule has 3 aromatic carbocycles. The fraction of sp³-hybridized carbons (Fsp3) is 0. The molecule has 3 aromatic rings. The number of rotatable bonds is 4. The van der Waals surface area contributed by atoms with E-state index in [1.165, 1.54) is 22.5 Å². The molecule has 3 rings (SSSR count). The van der Waals surface area contributed by atoms with Crippen LogP contribution >= 0.6 is 0 Å². The van der Waals surface area contributed by atoms with E-state index in [2.05, 4.69) is 0 Å². The zero-order chi connectivity index (χ0) is 18.6. The average molecular weight is 359 g/mol. The fourth-order valence-corrected chi connectivity index (χ4v) is 4.05. The Hall–Kier alpha value is -3.61.